The van der Waals surface area contributed by atoms with E-state index in [-0.39, 0.29) is 11.8 Å². The van der Waals surface area contributed by atoms with Gasteiger partial charge in [0.2, 0.25) is 11.7 Å². The van der Waals surface area contributed by atoms with Gasteiger partial charge in [-0.3, -0.25) is 9.20 Å². The summed E-state index contributed by atoms with van der Waals surface area (Å²) in [4.78, 5) is 27.5. The molecule has 1 fully saturated rings. The van der Waals surface area contributed by atoms with Crippen LogP contribution in [0.5, 0.6) is 0 Å². The second-order valence-corrected chi connectivity index (χ2v) is 5.94. The molecule has 8 heteroatoms. The minimum absolute atomic E-state index is 0.0793. The van der Waals surface area contributed by atoms with E-state index in [1.807, 2.05) is 18.0 Å². The number of fused-ring (bicyclic) bond motifs is 1. The molecule has 4 heterocycles. The zero-order chi connectivity index (χ0) is 16.5. The van der Waals surface area contributed by atoms with Crippen LogP contribution in [0.25, 0.3) is 5.78 Å². The van der Waals surface area contributed by atoms with E-state index in [9.17, 15) is 4.79 Å². The van der Waals surface area contributed by atoms with Crippen LogP contribution in [0.3, 0.4) is 0 Å². The molecule has 3 aromatic heterocycles. The van der Waals surface area contributed by atoms with Crippen molar-refractivity contribution in [1.29, 1.82) is 0 Å². The van der Waals surface area contributed by atoms with Gasteiger partial charge in [-0.25, -0.2) is 9.97 Å². The first-order valence-corrected chi connectivity index (χ1v) is 8.16. The third-order valence-corrected chi connectivity index (χ3v) is 4.31. The van der Waals surface area contributed by atoms with Crippen molar-refractivity contribution in [2.45, 2.75) is 32.1 Å². The summed E-state index contributed by atoms with van der Waals surface area (Å²) in [5.74, 6) is 1.90. The second kappa shape index (κ2) is 6.03. The number of piperidine rings is 1. The average molecular weight is 326 g/mol. The summed E-state index contributed by atoms with van der Waals surface area (Å²) < 4.78 is 6.95. The number of aryl methyl sites for hydroxylation is 1. The van der Waals surface area contributed by atoms with Gasteiger partial charge in [-0.15, -0.1) is 0 Å². The maximum absolute atomic E-state index is 12.8. The Morgan fingerprint density at radius 1 is 1.42 bits per heavy atom. The van der Waals surface area contributed by atoms with Crippen molar-refractivity contribution >= 4 is 11.7 Å². The Kier molecular flexibility index (Phi) is 3.72. The van der Waals surface area contributed by atoms with Crippen LogP contribution in [0.4, 0.5) is 0 Å². The van der Waals surface area contributed by atoms with E-state index < -0.39 is 0 Å². The lowest BCUT2D eigenvalue weighted by molar-refractivity contribution is 0.0698. The largest absolute Gasteiger partial charge is 0.339 e. The maximum atomic E-state index is 12.8. The van der Waals surface area contributed by atoms with Crippen molar-refractivity contribution in [2.75, 3.05) is 13.1 Å². The molecule has 1 saturated heterocycles. The van der Waals surface area contributed by atoms with Gasteiger partial charge in [-0.05, 0) is 18.9 Å². The van der Waals surface area contributed by atoms with Crippen LogP contribution in [0.2, 0.25) is 0 Å². The zero-order valence-corrected chi connectivity index (χ0v) is 13.4. The molecule has 1 amide bonds. The summed E-state index contributed by atoms with van der Waals surface area (Å²) in [6, 6.07) is 1.81. The molecule has 0 aliphatic carbocycles. The van der Waals surface area contributed by atoms with E-state index in [0.29, 0.717) is 29.7 Å². The topological polar surface area (TPSA) is 89.4 Å². The van der Waals surface area contributed by atoms with Gasteiger partial charge in [-0.2, -0.15) is 4.98 Å². The van der Waals surface area contributed by atoms with E-state index in [1.165, 1.54) is 0 Å². The smallest absolute Gasteiger partial charge is 0.274 e. The monoisotopic (exact) mass is 326 g/mol. The number of amides is 1. The quantitative estimate of drug-likeness (QED) is 0.727. The summed E-state index contributed by atoms with van der Waals surface area (Å²) >= 11 is 0. The first-order chi connectivity index (χ1) is 11.7. The third-order valence-electron chi connectivity index (χ3n) is 4.31. The summed E-state index contributed by atoms with van der Waals surface area (Å²) in [6.07, 6.45) is 7.80. The fourth-order valence-electron chi connectivity index (χ4n) is 3.04. The lowest BCUT2D eigenvalue weighted by Crippen LogP contribution is -2.39. The molecule has 0 saturated carbocycles. The molecule has 24 heavy (non-hydrogen) atoms. The van der Waals surface area contributed by atoms with Gasteiger partial charge < -0.3 is 9.42 Å². The normalized spacial score (nSPS) is 18.2. The number of likely N-dealkylation sites (tertiary alicyclic amines) is 1. The van der Waals surface area contributed by atoms with Gasteiger partial charge in [-0.1, -0.05) is 12.1 Å². The average Bonchev–Trinajstić information content (AvgIpc) is 3.27. The SMILES string of the molecule is CCc1nc(C2CCCN(C(=O)c3cn4cccnc4n3)C2)no1. The number of carbonyl (C=O) groups excluding carboxylic acids is 1. The van der Waals surface area contributed by atoms with Crippen molar-refractivity contribution in [3.63, 3.8) is 0 Å². The molecule has 0 radical (unpaired) electrons. The van der Waals surface area contributed by atoms with Crippen LogP contribution in [0, 0.1) is 0 Å². The van der Waals surface area contributed by atoms with Crippen LogP contribution in [-0.4, -0.2) is 48.4 Å². The van der Waals surface area contributed by atoms with E-state index in [0.717, 1.165) is 25.8 Å². The van der Waals surface area contributed by atoms with Crippen molar-refractivity contribution in [2.24, 2.45) is 0 Å². The van der Waals surface area contributed by atoms with Crippen LogP contribution < -0.4 is 0 Å². The number of nitrogens with zero attached hydrogens (tertiary/aromatic N) is 6. The molecular weight excluding hydrogens is 308 g/mol. The highest BCUT2D eigenvalue weighted by Gasteiger charge is 2.29. The van der Waals surface area contributed by atoms with Gasteiger partial charge in [0.25, 0.3) is 5.91 Å². The number of hydrogen-bond acceptors (Lipinski definition) is 6. The highest BCUT2D eigenvalue weighted by molar-refractivity contribution is 5.92. The Morgan fingerprint density at radius 3 is 3.12 bits per heavy atom. The van der Waals surface area contributed by atoms with Crippen molar-refractivity contribution in [3.8, 4) is 0 Å². The third kappa shape index (κ3) is 2.64. The summed E-state index contributed by atoms with van der Waals surface area (Å²) in [5, 5.41) is 4.06. The van der Waals surface area contributed by atoms with Gasteiger partial charge in [0, 0.05) is 44.0 Å². The predicted molar refractivity (Wildman–Crippen MR) is 84.5 cm³/mol. The molecule has 0 aromatic carbocycles. The van der Waals surface area contributed by atoms with E-state index in [2.05, 4.69) is 20.1 Å². The Balaban J connectivity index is 1.53. The van der Waals surface area contributed by atoms with Gasteiger partial charge in [0.1, 0.15) is 5.69 Å². The predicted octanol–water partition coefficient (Wildman–Crippen LogP) is 1.69. The molecule has 1 aliphatic heterocycles. The molecular formula is C16H18N6O2. The van der Waals surface area contributed by atoms with Crippen LogP contribution in [-0.2, 0) is 6.42 Å². The van der Waals surface area contributed by atoms with Crippen molar-refractivity contribution in [3.05, 3.63) is 42.1 Å². The van der Waals surface area contributed by atoms with Crippen molar-refractivity contribution < 1.29 is 9.32 Å². The van der Waals surface area contributed by atoms with Crippen molar-refractivity contribution in [1.82, 2.24) is 29.4 Å². The van der Waals surface area contributed by atoms with Gasteiger partial charge in [0.15, 0.2) is 5.82 Å². The number of imidazole rings is 1. The van der Waals surface area contributed by atoms with Crippen LogP contribution >= 0.6 is 0 Å². The highest BCUT2D eigenvalue weighted by Crippen LogP contribution is 2.26. The lowest BCUT2D eigenvalue weighted by Gasteiger charge is -2.30. The van der Waals surface area contributed by atoms with E-state index >= 15 is 0 Å². The standard InChI is InChI=1S/C16H18N6O2/c1-2-13-19-14(20-24-13)11-5-3-7-21(9-11)15(23)12-10-22-8-4-6-17-16(22)18-12/h4,6,8,10-11H,2-3,5,7,9H2,1H3. The minimum atomic E-state index is -0.0793. The number of rotatable bonds is 3. The minimum Gasteiger partial charge on any atom is -0.339 e. The maximum Gasteiger partial charge on any atom is 0.274 e. The first-order valence-electron chi connectivity index (χ1n) is 8.16. The molecule has 0 N–H and O–H groups in total. The van der Waals surface area contributed by atoms with E-state index in [1.54, 1.807) is 22.9 Å². The number of carbonyl (C=O) groups is 1. The molecule has 1 atom stereocenters. The van der Waals surface area contributed by atoms with Gasteiger partial charge >= 0.3 is 0 Å². The number of hydrogen-bond donors (Lipinski definition) is 0. The molecule has 1 unspecified atom stereocenters. The van der Waals surface area contributed by atoms with Crippen LogP contribution in [0.15, 0.2) is 29.2 Å². The van der Waals surface area contributed by atoms with Crippen LogP contribution in [0.1, 0.15) is 47.9 Å². The molecule has 8 nitrogen and oxygen atoms in total. The fraction of sp³-hybridized carbons (Fsp3) is 0.438. The summed E-state index contributed by atoms with van der Waals surface area (Å²) in [6.45, 7) is 3.28. The van der Waals surface area contributed by atoms with E-state index in [4.69, 9.17) is 4.52 Å². The zero-order valence-electron chi connectivity index (χ0n) is 13.4. The molecule has 3 aromatic rings. The molecule has 0 spiro atoms. The second-order valence-electron chi connectivity index (χ2n) is 5.94. The molecule has 1 aliphatic rings. The molecule has 124 valence electrons. The lowest BCUT2D eigenvalue weighted by atomic mass is 9.97. The fourth-order valence-corrected chi connectivity index (χ4v) is 3.04. The highest BCUT2D eigenvalue weighted by atomic mass is 16.5. The summed E-state index contributed by atoms with van der Waals surface area (Å²) in [7, 11) is 0. The van der Waals surface area contributed by atoms with Gasteiger partial charge in [0.05, 0.1) is 0 Å². The first kappa shape index (κ1) is 14.8. The Hall–Kier alpha value is -2.77. The number of aromatic nitrogens is 5. The summed E-state index contributed by atoms with van der Waals surface area (Å²) in [5.41, 5.74) is 0.414. The molecule has 4 rings (SSSR count). The Bertz CT molecular complexity index is 837. The Morgan fingerprint density at radius 2 is 2.33 bits per heavy atom. The molecule has 0 bridgehead atoms. The Labute approximate surface area is 138 Å².